The fraction of sp³-hybridized carbons (Fsp3) is 0.429. The van der Waals surface area contributed by atoms with E-state index < -0.39 is 23.4 Å². The summed E-state index contributed by atoms with van der Waals surface area (Å²) < 4.78 is 35.1. The quantitative estimate of drug-likeness (QED) is 0.486. The maximum Gasteiger partial charge on any atom is 0.490 e. The second-order valence-corrected chi connectivity index (χ2v) is 8.63. The smallest absolute Gasteiger partial charge is 0.475 e. The predicted molar refractivity (Wildman–Crippen MR) is 122 cm³/mol. The summed E-state index contributed by atoms with van der Waals surface area (Å²) in [6.45, 7) is 3.76. The Kier molecular flexibility index (Phi) is 6.90. The van der Waals surface area contributed by atoms with Crippen LogP contribution < -0.4 is 21.5 Å². The van der Waals surface area contributed by atoms with Crippen molar-refractivity contribution >= 4 is 34.7 Å². The van der Waals surface area contributed by atoms with E-state index in [-0.39, 0.29) is 0 Å². The van der Waals surface area contributed by atoms with Gasteiger partial charge in [0.15, 0.2) is 11.2 Å². The van der Waals surface area contributed by atoms with Crippen molar-refractivity contribution in [2.45, 2.75) is 25.6 Å². The van der Waals surface area contributed by atoms with Crippen LogP contribution in [0.2, 0.25) is 5.02 Å². The summed E-state index contributed by atoms with van der Waals surface area (Å²) >= 11 is 6.48. The Morgan fingerprint density at radius 3 is 2.37 bits per heavy atom. The van der Waals surface area contributed by atoms with Crippen LogP contribution in [0, 0.1) is 5.92 Å². The first-order chi connectivity index (χ1) is 16.6. The van der Waals surface area contributed by atoms with Gasteiger partial charge >= 0.3 is 17.8 Å². The Labute approximate surface area is 200 Å². The minimum atomic E-state index is -5.08. The summed E-state index contributed by atoms with van der Waals surface area (Å²) in [5.74, 6) is -1.64. The zero-order valence-corrected chi connectivity index (χ0v) is 19.1. The molecule has 1 saturated carbocycles. The Hall–Kier alpha value is -3.32. The zero-order valence-electron chi connectivity index (χ0n) is 18.3. The normalized spacial score (nSPS) is 16.2. The molecule has 35 heavy (non-hydrogen) atoms. The molecule has 2 aromatic heterocycles. The number of hydrogen-bond acceptors (Lipinski definition) is 6. The number of alkyl halides is 3. The summed E-state index contributed by atoms with van der Waals surface area (Å²) in [5, 5.41) is 11.0. The molecule has 1 aliphatic carbocycles. The number of nitrogens with one attached hydrogen (secondary N) is 2. The molecular formula is C21H22ClF3N6O4. The number of imidazole rings is 1. The van der Waals surface area contributed by atoms with Gasteiger partial charge in [-0.25, -0.2) is 9.59 Å². The highest BCUT2D eigenvalue weighted by molar-refractivity contribution is 6.32. The molecule has 0 radical (unpaired) electrons. The van der Waals surface area contributed by atoms with Gasteiger partial charge in [0.25, 0.3) is 5.56 Å². The average molecular weight is 515 g/mol. The predicted octanol–water partition coefficient (Wildman–Crippen LogP) is 1.98. The first-order valence-corrected chi connectivity index (χ1v) is 11.2. The molecule has 2 aliphatic rings. The summed E-state index contributed by atoms with van der Waals surface area (Å²) in [7, 11) is 0. The van der Waals surface area contributed by atoms with Crippen LogP contribution in [0.1, 0.15) is 12.8 Å². The lowest BCUT2D eigenvalue weighted by Gasteiger charge is -2.28. The number of carboxylic acid groups (broad SMARTS) is 1. The minimum Gasteiger partial charge on any atom is -0.475 e. The minimum absolute atomic E-state index is 0.363. The lowest BCUT2D eigenvalue weighted by molar-refractivity contribution is -0.192. The molecule has 3 aromatic rings. The highest BCUT2D eigenvalue weighted by Gasteiger charge is 2.38. The van der Waals surface area contributed by atoms with E-state index in [0.29, 0.717) is 40.3 Å². The summed E-state index contributed by atoms with van der Waals surface area (Å²) in [4.78, 5) is 43.7. The standard InChI is InChI=1S/C19H21ClN6O2.C2HF3O2/c20-13-3-1-2-4-14(13)26-15-16(22-18(26)24-9-7-21-8-10-24)25(11-12-5-6-12)19(28)23-17(15)27;3-2(4,5)1(6)7/h1-4,12,21H,5-11H2,(H,23,27,28);(H,6,7). The van der Waals surface area contributed by atoms with E-state index in [1.54, 1.807) is 15.2 Å². The van der Waals surface area contributed by atoms with Gasteiger partial charge in [-0.1, -0.05) is 23.7 Å². The number of para-hydroxylation sites is 1. The molecule has 1 saturated heterocycles. The molecule has 0 atom stereocenters. The second kappa shape index (κ2) is 9.74. The number of aromatic amines is 1. The molecule has 3 heterocycles. The summed E-state index contributed by atoms with van der Waals surface area (Å²) in [5.41, 5.74) is 0.624. The van der Waals surface area contributed by atoms with Crippen LogP contribution in [0.3, 0.4) is 0 Å². The largest absolute Gasteiger partial charge is 0.490 e. The number of piperazine rings is 1. The van der Waals surface area contributed by atoms with Crippen LogP contribution in [-0.2, 0) is 11.3 Å². The topological polar surface area (TPSA) is 125 Å². The molecule has 5 rings (SSSR count). The number of benzene rings is 1. The Morgan fingerprint density at radius 2 is 1.80 bits per heavy atom. The summed E-state index contributed by atoms with van der Waals surface area (Å²) in [6.07, 6.45) is -2.88. The van der Waals surface area contributed by atoms with Gasteiger partial charge < -0.3 is 15.3 Å². The van der Waals surface area contributed by atoms with Crippen LogP contribution in [0.5, 0.6) is 0 Å². The van der Waals surface area contributed by atoms with Gasteiger partial charge in [0.1, 0.15) is 0 Å². The lowest BCUT2D eigenvalue weighted by atomic mass is 10.3. The van der Waals surface area contributed by atoms with Crippen LogP contribution in [0.15, 0.2) is 33.9 Å². The van der Waals surface area contributed by atoms with E-state index in [1.807, 2.05) is 18.2 Å². The Balaban J connectivity index is 0.000000364. The molecule has 1 aromatic carbocycles. The van der Waals surface area contributed by atoms with E-state index in [4.69, 9.17) is 26.5 Å². The first kappa shape index (κ1) is 24.8. The fourth-order valence-corrected chi connectivity index (χ4v) is 4.00. The van der Waals surface area contributed by atoms with Crippen molar-refractivity contribution in [3.05, 3.63) is 50.1 Å². The van der Waals surface area contributed by atoms with Gasteiger partial charge in [-0.3, -0.25) is 18.9 Å². The fourth-order valence-electron chi connectivity index (χ4n) is 3.78. The molecule has 3 N–H and O–H groups in total. The molecule has 188 valence electrons. The maximum atomic E-state index is 12.9. The molecule has 2 fully saturated rings. The number of nitrogens with zero attached hydrogens (tertiary/aromatic N) is 4. The number of aromatic nitrogens is 4. The van der Waals surface area contributed by atoms with Crippen LogP contribution in [0.4, 0.5) is 19.1 Å². The SMILES string of the molecule is O=C(O)C(F)(F)F.O=c1[nH]c(=O)n(CC2CC2)c2nc(N3CCNCC3)n(-c3ccccc3Cl)c12. The molecular weight excluding hydrogens is 493 g/mol. The number of H-pyrrole nitrogens is 1. The number of carbonyl (C=O) groups is 1. The monoisotopic (exact) mass is 514 g/mol. The van der Waals surface area contributed by atoms with E-state index >= 15 is 0 Å². The maximum absolute atomic E-state index is 12.9. The van der Waals surface area contributed by atoms with Crippen LogP contribution >= 0.6 is 11.6 Å². The number of carboxylic acids is 1. The molecule has 1 aliphatic heterocycles. The Morgan fingerprint density at radius 1 is 1.17 bits per heavy atom. The third-order valence-corrected chi connectivity index (χ3v) is 5.97. The molecule has 14 heteroatoms. The molecule has 10 nitrogen and oxygen atoms in total. The molecule has 0 spiro atoms. The van der Waals surface area contributed by atoms with Gasteiger partial charge in [-0.05, 0) is 30.9 Å². The van der Waals surface area contributed by atoms with Crippen molar-refractivity contribution in [3.8, 4) is 5.69 Å². The van der Waals surface area contributed by atoms with Crippen molar-refractivity contribution < 1.29 is 23.1 Å². The third kappa shape index (κ3) is 5.35. The molecule has 0 unspecified atom stereocenters. The zero-order chi connectivity index (χ0) is 25.3. The van der Waals surface area contributed by atoms with Gasteiger partial charge in [-0.15, -0.1) is 0 Å². The van der Waals surface area contributed by atoms with Crippen molar-refractivity contribution in [1.82, 2.24) is 24.4 Å². The number of anilines is 1. The number of hydrogen-bond donors (Lipinski definition) is 3. The van der Waals surface area contributed by atoms with Crippen molar-refractivity contribution in [1.29, 1.82) is 0 Å². The highest BCUT2D eigenvalue weighted by atomic mass is 35.5. The molecule has 0 bridgehead atoms. The van der Waals surface area contributed by atoms with Crippen molar-refractivity contribution in [2.75, 3.05) is 31.1 Å². The lowest BCUT2D eigenvalue weighted by Crippen LogP contribution is -2.44. The first-order valence-electron chi connectivity index (χ1n) is 10.8. The molecule has 0 amide bonds. The van der Waals surface area contributed by atoms with E-state index in [1.165, 1.54) is 0 Å². The van der Waals surface area contributed by atoms with Crippen LogP contribution in [-0.4, -0.2) is 62.5 Å². The average Bonchev–Trinajstić information content (AvgIpc) is 3.54. The van der Waals surface area contributed by atoms with Gasteiger partial charge in [0.2, 0.25) is 5.95 Å². The number of fused-ring (bicyclic) bond motifs is 1. The Bertz CT molecular complexity index is 1360. The van der Waals surface area contributed by atoms with Gasteiger partial charge in [0.05, 0.1) is 10.7 Å². The third-order valence-electron chi connectivity index (χ3n) is 5.65. The van der Waals surface area contributed by atoms with Crippen molar-refractivity contribution in [2.24, 2.45) is 5.92 Å². The highest BCUT2D eigenvalue weighted by Crippen LogP contribution is 2.33. The summed E-state index contributed by atoms with van der Waals surface area (Å²) in [6, 6.07) is 7.38. The van der Waals surface area contributed by atoms with Gasteiger partial charge in [-0.2, -0.15) is 18.2 Å². The van der Waals surface area contributed by atoms with Crippen LogP contribution in [0.25, 0.3) is 16.9 Å². The van der Waals surface area contributed by atoms with Crippen molar-refractivity contribution in [3.63, 3.8) is 0 Å². The number of aliphatic carboxylic acids is 1. The number of rotatable bonds is 4. The second-order valence-electron chi connectivity index (χ2n) is 8.22. The van der Waals surface area contributed by atoms with E-state index in [2.05, 4.69) is 15.2 Å². The number of halogens is 4. The van der Waals surface area contributed by atoms with Gasteiger partial charge in [0, 0.05) is 32.7 Å². The van der Waals surface area contributed by atoms with E-state index in [0.717, 1.165) is 39.0 Å². The van der Waals surface area contributed by atoms with E-state index in [9.17, 15) is 22.8 Å².